The maximum atomic E-state index is 9.97. The van der Waals surface area contributed by atoms with Gasteiger partial charge in [-0.1, -0.05) is 13.8 Å². The van der Waals surface area contributed by atoms with E-state index < -0.39 is 21.5 Å². The van der Waals surface area contributed by atoms with Crippen LogP contribution in [0.15, 0.2) is 0 Å². The van der Waals surface area contributed by atoms with Crippen molar-refractivity contribution in [3.63, 3.8) is 0 Å². The maximum absolute atomic E-state index is 9.97. The molecule has 0 aliphatic carbocycles. The van der Waals surface area contributed by atoms with Crippen molar-refractivity contribution in [3.05, 3.63) is 0 Å². The molecule has 0 fully saturated rings. The van der Waals surface area contributed by atoms with Gasteiger partial charge in [-0.15, -0.1) is 0 Å². The van der Waals surface area contributed by atoms with Crippen LogP contribution in [0, 0.1) is 5.92 Å². The smallest absolute Gasteiger partial charge is 0.145 e. The van der Waals surface area contributed by atoms with Gasteiger partial charge in [0.25, 0.3) is 0 Å². The zero-order chi connectivity index (χ0) is 7.65. The zero-order valence-corrected chi connectivity index (χ0v) is 6.05. The minimum absolute atomic E-state index is 0.535. The Balaban J connectivity index is 4.24. The van der Waals surface area contributed by atoms with E-state index in [0.29, 0.717) is 0 Å². The van der Waals surface area contributed by atoms with E-state index in [-0.39, 0.29) is 0 Å². The lowest BCUT2D eigenvalue weighted by molar-refractivity contribution is 0.185. The molecule has 0 rings (SSSR count). The molecule has 1 atom stereocenters. The third kappa shape index (κ3) is 2.78. The lowest BCUT2D eigenvalue weighted by Crippen LogP contribution is -2.25. The summed E-state index contributed by atoms with van der Waals surface area (Å²) in [5.74, 6) is -0.535. The first-order chi connectivity index (χ1) is 3.85. The molecule has 0 radical (unpaired) electrons. The second-order valence-corrected chi connectivity index (χ2v) is 3.60. The number of aliphatic hydroxyl groups is 1. The molecule has 0 spiro atoms. The normalized spacial score (nSPS) is 16.1. The van der Waals surface area contributed by atoms with Crippen molar-refractivity contribution < 1.29 is 18.1 Å². The summed E-state index contributed by atoms with van der Waals surface area (Å²) in [6.45, 7) is 2.92. The number of aliphatic hydroxyl groups excluding tert-OH is 1. The van der Waals surface area contributed by atoms with Crippen molar-refractivity contribution in [2.24, 2.45) is 5.92 Å². The van der Waals surface area contributed by atoms with E-state index in [1.165, 1.54) is 13.8 Å². The summed E-state index contributed by atoms with van der Waals surface area (Å²) >= 11 is 0. The Kier molecular flexibility index (Phi) is 2.60. The molecule has 1 unspecified atom stereocenters. The Morgan fingerprint density at radius 2 is 1.78 bits per heavy atom. The summed E-state index contributed by atoms with van der Waals surface area (Å²) in [6.07, 6.45) is 0. The molecular formula is C4H9O4S-. The SMILES string of the molecule is CC(C)C(O)S(=O)(=O)[O-]. The van der Waals surface area contributed by atoms with Gasteiger partial charge < -0.3 is 9.66 Å². The average Bonchev–Trinajstić information content (AvgIpc) is 1.62. The van der Waals surface area contributed by atoms with Crippen molar-refractivity contribution in [2.45, 2.75) is 19.3 Å². The van der Waals surface area contributed by atoms with Crippen molar-refractivity contribution in [3.8, 4) is 0 Å². The fraction of sp³-hybridized carbons (Fsp3) is 1.00. The van der Waals surface area contributed by atoms with Gasteiger partial charge in [0, 0.05) is 0 Å². The van der Waals surface area contributed by atoms with Crippen LogP contribution in [0.3, 0.4) is 0 Å². The van der Waals surface area contributed by atoms with Crippen LogP contribution in [0.1, 0.15) is 13.8 Å². The summed E-state index contributed by atoms with van der Waals surface area (Å²) in [7, 11) is -4.50. The molecule has 0 heterocycles. The number of hydrogen-bond acceptors (Lipinski definition) is 4. The fourth-order valence-electron chi connectivity index (χ4n) is 0.333. The van der Waals surface area contributed by atoms with Crippen LogP contribution >= 0.6 is 0 Å². The van der Waals surface area contributed by atoms with Gasteiger partial charge >= 0.3 is 0 Å². The van der Waals surface area contributed by atoms with Crippen LogP contribution < -0.4 is 0 Å². The Labute approximate surface area is 54.3 Å². The topological polar surface area (TPSA) is 77.4 Å². The van der Waals surface area contributed by atoms with Gasteiger partial charge in [-0.25, -0.2) is 8.42 Å². The van der Waals surface area contributed by atoms with Gasteiger partial charge in [0.05, 0.1) is 0 Å². The summed E-state index contributed by atoms with van der Waals surface area (Å²) in [5, 5.41) is 8.56. The van der Waals surface area contributed by atoms with Crippen molar-refractivity contribution in [2.75, 3.05) is 0 Å². The molecule has 0 aromatic carbocycles. The second-order valence-electron chi connectivity index (χ2n) is 2.13. The first-order valence-electron chi connectivity index (χ1n) is 2.48. The molecule has 56 valence electrons. The molecule has 9 heavy (non-hydrogen) atoms. The van der Waals surface area contributed by atoms with E-state index in [9.17, 15) is 13.0 Å². The van der Waals surface area contributed by atoms with Crippen LogP contribution in [-0.4, -0.2) is 23.5 Å². The predicted molar refractivity (Wildman–Crippen MR) is 30.5 cm³/mol. The highest BCUT2D eigenvalue weighted by molar-refractivity contribution is 7.86. The van der Waals surface area contributed by atoms with Crippen LogP contribution in [0.5, 0.6) is 0 Å². The molecule has 0 bridgehead atoms. The largest absolute Gasteiger partial charge is 0.746 e. The third-order valence-corrected chi connectivity index (χ3v) is 2.00. The molecule has 0 aliphatic heterocycles. The molecule has 0 aromatic heterocycles. The number of rotatable bonds is 2. The third-order valence-electron chi connectivity index (χ3n) is 0.866. The van der Waals surface area contributed by atoms with Crippen molar-refractivity contribution in [1.82, 2.24) is 0 Å². The minimum atomic E-state index is -4.50. The van der Waals surface area contributed by atoms with E-state index in [1.807, 2.05) is 0 Å². The maximum Gasteiger partial charge on any atom is 0.145 e. The van der Waals surface area contributed by atoms with Gasteiger partial charge in [0.2, 0.25) is 0 Å². The zero-order valence-electron chi connectivity index (χ0n) is 5.23. The monoisotopic (exact) mass is 153 g/mol. The molecule has 0 saturated heterocycles. The summed E-state index contributed by atoms with van der Waals surface area (Å²) < 4.78 is 29.9. The standard InChI is InChI=1S/C4H10O4S/c1-3(2)4(5)9(6,7)8/h3-5H,1-2H3,(H,6,7,8)/p-1. The Morgan fingerprint density at radius 1 is 1.44 bits per heavy atom. The molecule has 5 heteroatoms. The minimum Gasteiger partial charge on any atom is -0.746 e. The summed E-state index contributed by atoms with van der Waals surface area (Å²) in [4.78, 5) is 0. The fourth-order valence-corrected chi connectivity index (χ4v) is 1.00. The Morgan fingerprint density at radius 3 is 1.78 bits per heavy atom. The molecule has 0 amide bonds. The molecule has 1 N–H and O–H groups in total. The van der Waals surface area contributed by atoms with E-state index in [2.05, 4.69) is 0 Å². The highest BCUT2D eigenvalue weighted by atomic mass is 32.2. The molecule has 0 saturated carbocycles. The van der Waals surface area contributed by atoms with E-state index >= 15 is 0 Å². The van der Waals surface area contributed by atoms with Gasteiger partial charge in [0.1, 0.15) is 15.6 Å². The lowest BCUT2D eigenvalue weighted by atomic mass is 10.2. The predicted octanol–water partition coefficient (Wildman–Crippen LogP) is -0.494. The van der Waals surface area contributed by atoms with Gasteiger partial charge in [-0.05, 0) is 5.92 Å². The molecule has 0 aliphatic rings. The summed E-state index contributed by atoms with van der Waals surface area (Å²) in [6, 6.07) is 0. The lowest BCUT2D eigenvalue weighted by Gasteiger charge is -2.17. The molecule has 4 nitrogen and oxygen atoms in total. The first kappa shape index (κ1) is 8.87. The Hall–Kier alpha value is -0.130. The summed E-state index contributed by atoms with van der Waals surface area (Å²) in [5.41, 5.74) is -1.77. The molecule has 0 aromatic rings. The van der Waals surface area contributed by atoms with Crippen LogP contribution in [0.25, 0.3) is 0 Å². The van der Waals surface area contributed by atoms with Gasteiger partial charge in [-0.2, -0.15) is 0 Å². The van der Waals surface area contributed by atoms with E-state index in [0.717, 1.165) is 0 Å². The first-order valence-corrected chi connectivity index (χ1v) is 3.95. The molecular weight excluding hydrogens is 144 g/mol. The van der Waals surface area contributed by atoms with Crippen LogP contribution in [-0.2, 0) is 10.1 Å². The van der Waals surface area contributed by atoms with Gasteiger partial charge in [0.15, 0.2) is 0 Å². The van der Waals surface area contributed by atoms with E-state index in [1.54, 1.807) is 0 Å². The van der Waals surface area contributed by atoms with Crippen molar-refractivity contribution >= 4 is 10.1 Å². The van der Waals surface area contributed by atoms with Crippen LogP contribution in [0.4, 0.5) is 0 Å². The van der Waals surface area contributed by atoms with Crippen molar-refractivity contribution in [1.29, 1.82) is 0 Å². The highest BCUT2D eigenvalue weighted by Crippen LogP contribution is 2.05. The number of hydrogen-bond donors (Lipinski definition) is 1. The quantitative estimate of drug-likeness (QED) is 0.543. The highest BCUT2D eigenvalue weighted by Gasteiger charge is 2.15. The average molecular weight is 153 g/mol. The second kappa shape index (κ2) is 2.64. The Bertz CT molecular complexity index is 169. The van der Waals surface area contributed by atoms with Crippen LogP contribution in [0.2, 0.25) is 0 Å². The van der Waals surface area contributed by atoms with Gasteiger partial charge in [-0.3, -0.25) is 0 Å². The van der Waals surface area contributed by atoms with E-state index in [4.69, 9.17) is 5.11 Å².